The Bertz CT molecular complexity index is 998. The van der Waals surface area contributed by atoms with Crippen molar-refractivity contribution in [2.24, 2.45) is 0 Å². The van der Waals surface area contributed by atoms with Crippen molar-refractivity contribution < 1.29 is 13.7 Å². The van der Waals surface area contributed by atoms with Gasteiger partial charge in [-0.2, -0.15) is 4.98 Å². The number of amides is 2. The number of aromatic nitrogens is 2. The molecule has 144 valence electrons. The van der Waals surface area contributed by atoms with Crippen LogP contribution in [0.3, 0.4) is 0 Å². The normalized spacial score (nSPS) is 14.0. The molecule has 1 N–H and O–H groups in total. The second-order valence-corrected chi connectivity index (χ2v) is 7.14. The van der Waals surface area contributed by atoms with Crippen LogP contribution in [0.15, 0.2) is 47.0 Å². The van der Waals surface area contributed by atoms with Gasteiger partial charge in [-0.3, -0.25) is 4.90 Å². The molecule has 6 nitrogen and oxygen atoms in total. The van der Waals surface area contributed by atoms with Gasteiger partial charge in [-0.15, -0.1) is 0 Å². The summed E-state index contributed by atoms with van der Waals surface area (Å²) in [6.07, 6.45) is 0.498. The number of anilines is 1. The third-order valence-corrected chi connectivity index (χ3v) is 4.83. The van der Waals surface area contributed by atoms with Crippen LogP contribution in [0.2, 0.25) is 0 Å². The molecule has 7 heteroatoms. The first-order valence-corrected chi connectivity index (χ1v) is 9.28. The minimum atomic E-state index is -0.472. The molecule has 0 saturated carbocycles. The quantitative estimate of drug-likeness (QED) is 0.723. The van der Waals surface area contributed by atoms with Gasteiger partial charge >= 0.3 is 6.03 Å². The Morgan fingerprint density at radius 2 is 2.00 bits per heavy atom. The lowest BCUT2D eigenvalue weighted by Gasteiger charge is -2.14. The average Bonchev–Trinajstić information content (AvgIpc) is 3.32. The first-order chi connectivity index (χ1) is 13.5. The van der Waals surface area contributed by atoms with Gasteiger partial charge in [0.1, 0.15) is 5.82 Å². The number of rotatable bonds is 5. The molecule has 1 saturated heterocycles. The van der Waals surface area contributed by atoms with Crippen molar-refractivity contribution in [1.82, 2.24) is 15.5 Å². The number of benzene rings is 2. The Morgan fingerprint density at radius 1 is 1.21 bits per heavy atom. The summed E-state index contributed by atoms with van der Waals surface area (Å²) in [5.74, 6) is 0.586. The minimum absolute atomic E-state index is 0.104. The number of hydrogen-bond acceptors (Lipinski definition) is 4. The van der Waals surface area contributed by atoms with Crippen LogP contribution >= 0.6 is 0 Å². The summed E-state index contributed by atoms with van der Waals surface area (Å²) in [6, 6.07) is 12.5. The molecule has 28 heavy (non-hydrogen) atoms. The fraction of sp³-hybridized carbons (Fsp3) is 0.286. The molecule has 0 aliphatic carbocycles. The Morgan fingerprint density at radius 3 is 2.68 bits per heavy atom. The van der Waals surface area contributed by atoms with Crippen LogP contribution < -0.4 is 10.2 Å². The van der Waals surface area contributed by atoms with Crippen molar-refractivity contribution in [2.45, 2.75) is 26.2 Å². The van der Waals surface area contributed by atoms with E-state index in [1.165, 1.54) is 11.6 Å². The first kappa shape index (κ1) is 18.2. The molecule has 2 heterocycles. The second-order valence-electron chi connectivity index (χ2n) is 7.14. The summed E-state index contributed by atoms with van der Waals surface area (Å²) in [5, 5.41) is 6.71. The number of nitrogens with one attached hydrogen (secondary N) is 1. The molecule has 1 aromatic heterocycles. The van der Waals surface area contributed by atoms with Gasteiger partial charge in [0.15, 0.2) is 5.82 Å². The Balaban J connectivity index is 1.56. The molecule has 0 radical (unpaired) electrons. The minimum Gasteiger partial charge on any atom is -0.336 e. The second kappa shape index (κ2) is 7.42. The van der Waals surface area contributed by atoms with Gasteiger partial charge < -0.3 is 9.84 Å². The van der Waals surface area contributed by atoms with Crippen LogP contribution in [0.1, 0.15) is 36.7 Å². The monoisotopic (exact) mass is 380 g/mol. The van der Waals surface area contributed by atoms with Gasteiger partial charge in [-0.25, -0.2) is 9.18 Å². The fourth-order valence-electron chi connectivity index (χ4n) is 3.20. The van der Waals surface area contributed by atoms with Gasteiger partial charge in [0.2, 0.25) is 0 Å². The molecule has 3 aromatic rings. The molecule has 1 aliphatic heterocycles. The molecular weight excluding hydrogens is 359 g/mol. The summed E-state index contributed by atoms with van der Waals surface area (Å²) < 4.78 is 19.6. The maximum absolute atomic E-state index is 14.3. The van der Waals surface area contributed by atoms with Crippen LogP contribution in [0.4, 0.5) is 14.9 Å². The van der Waals surface area contributed by atoms with Crippen LogP contribution in [0.25, 0.3) is 11.5 Å². The predicted octanol–water partition coefficient (Wildman–Crippen LogP) is 4.12. The Kier molecular flexibility index (Phi) is 4.81. The smallest absolute Gasteiger partial charge is 0.321 e. The van der Waals surface area contributed by atoms with Gasteiger partial charge in [0.25, 0.3) is 5.89 Å². The van der Waals surface area contributed by atoms with Gasteiger partial charge in [-0.05, 0) is 35.2 Å². The Labute approximate surface area is 162 Å². The third kappa shape index (κ3) is 3.60. The number of hydrogen-bond donors (Lipinski definition) is 1. The number of carbonyl (C=O) groups is 1. The van der Waals surface area contributed by atoms with Gasteiger partial charge in [0.05, 0.1) is 5.56 Å². The van der Waals surface area contributed by atoms with Crippen molar-refractivity contribution in [3.63, 3.8) is 0 Å². The predicted molar refractivity (Wildman–Crippen MR) is 104 cm³/mol. The lowest BCUT2D eigenvalue weighted by molar-refractivity contribution is 0.252. The zero-order valence-electron chi connectivity index (χ0n) is 15.8. The van der Waals surface area contributed by atoms with Crippen LogP contribution in [0.5, 0.6) is 0 Å². The van der Waals surface area contributed by atoms with Gasteiger partial charge in [0, 0.05) is 25.2 Å². The number of nitrogens with zero attached hydrogens (tertiary/aromatic N) is 3. The maximum atomic E-state index is 14.3. The van der Waals surface area contributed by atoms with Crippen molar-refractivity contribution >= 4 is 11.7 Å². The van der Waals surface area contributed by atoms with E-state index in [0.29, 0.717) is 36.9 Å². The largest absolute Gasteiger partial charge is 0.336 e. The summed E-state index contributed by atoms with van der Waals surface area (Å²) in [5.41, 5.74) is 3.10. The highest BCUT2D eigenvalue weighted by atomic mass is 19.1. The van der Waals surface area contributed by atoms with E-state index in [-0.39, 0.29) is 17.5 Å². The molecule has 2 aromatic carbocycles. The lowest BCUT2D eigenvalue weighted by atomic mass is 10.0. The molecule has 0 unspecified atom stereocenters. The molecule has 0 atom stereocenters. The fourth-order valence-corrected chi connectivity index (χ4v) is 3.20. The molecular formula is C21H21FN4O2. The number of halogens is 1. The van der Waals surface area contributed by atoms with Crippen molar-refractivity contribution in [3.8, 4) is 11.5 Å². The van der Waals surface area contributed by atoms with Crippen LogP contribution in [0, 0.1) is 5.82 Å². The first-order valence-electron chi connectivity index (χ1n) is 9.28. The molecule has 2 amide bonds. The van der Waals surface area contributed by atoms with E-state index >= 15 is 0 Å². The lowest BCUT2D eigenvalue weighted by Crippen LogP contribution is -2.27. The highest BCUT2D eigenvalue weighted by molar-refractivity contribution is 5.94. The van der Waals surface area contributed by atoms with E-state index in [1.807, 2.05) is 12.1 Å². The van der Waals surface area contributed by atoms with E-state index in [4.69, 9.17) is 4.52 Å². The number of carbonyl (C=O) groups excluding carboxylic acids is 1. The Hall–Kier alpha value is -3.22. The topological polar surface area (TPSA) is 71.3 Å². The van der Waals surface area contributed by atoms with E-state index in [0.717, 1.165) is 5.56 Å². The summed E-state index contributed by atoms with van der Waals surface area (Å²) >= 11 is 0. The SMILES string of the molecule is CC(C)c1ccc(Cc2noc(-c3cc(N4CCNC4=O)ccc3F)n2)cc1. The average molecular weight is 380 g/mol. The molecule has 4 rings (SSSR count). The van der Waals surface area contributed by atoms with Crippen molar-refractivity contribution in [2.75, 3.05) is 18.0 Å². The van der Waals surface area contributed by atoms with E-state index < -0.39 is 5.82 Å². The van der Waals surface area contributed by atoms with Crippen molar-refractivity contribution in [3.05, 3.63) is 65.2 Å². The summed E-state index contributed by atoms with van der Waals surface area (Å²) in [6.45, 7) is 5.39. The maximum Gasteiger partial charge on any atom is 0.321 e. The molecule has 0 spiro atoms. The summed E-state index contributed by atoms with van der Waals surface area (Å²) in [7, 11) is 0. The third-order valence-electron chi connectivity index (χ3n) is 4.83. The molecule has 1 fully saturated rings. The highest BCUT2D eigenvalue weighted by Crippen LogP contribution is 2.28. The molecule has 1 aliphatic rings. The van der Waals surface area contributed by atoms with Crippen LogP contribution in [-0.4, -0.2) is 29.3 Å². The molecule has 0 bridgehead atoms. The van der Waals surface area contributed by atoms with E-state index in [2.05, 4.69) is 41.4 Å². The van der Waals surface area contributed by atoms with Crippen LogP contribution in [-0.2, 0) is 6.42 Å². The summed E-state index contributed by atoms with van der Waals surface area (Å²) in [4.78, 5) is 17.7. The van der Waals surface area contributed by atoms with E-state index in [9.17, 15) is 9.18 Å². The van der Waals surface area contributed by atoms with Crippen molar-refractivity contribution in [1.29, 1.82) is 0 Å². The number of urea groups is 1. The van der Waals surface area contributed by atoms with Gasteiger partial charge in [-0.1, -0.05) is 43.3 Å². The standard InChI is InChI=1S/C21H21FN4O2/c1-13(2)15-5-3-14(4-6-15)11-19-24-20(28-25-19)17-12-16(7-8-18(17)22)26-10-9-23-21(26)27/h3-8,12-13H,9-11H2,1-2H3,(H,23,27). The van der Waals surface area contributed by atoms with E-state index in [1.54, 1.807) is 17.0 Å². The highest BCUT2D eigenvalue weighted by Gasteiger charge is 2.23. The zero-order valence-corrected chi connectivity index (χ0v) is 15.8. The zero-order chi connectivity index (χ0) is 19.7.